The first-order chi connectivity index (χ1) is 60.1. The smallest absolute Gasteiger partial charge is 0.426 e. The predicted octanol–water partition coefficient (Wildman–Crippen LogP) is 27.9. The highest BCUT2D eigenvalue weighted by atomic mass is 19.4. The summed E-state index contributed by atoms with van der Waals surface area (Å²) < 4.78 is 379. The van der Waals surface area contributed by atoms with E-state index in [1.54, 1.807) is 0 Å². The molecule has 750 valence electrons. The molecule has 16 bridgehead atoms. The molecule has 18 aliphatic rings. The Kier molecular flexibility index (Phi) is 28.2. The predicted molar refractivity (Wildman–Crippen MR) is 431 cm³/mol. The number of rotatable bonds is 23. The molecular formula is C97H140F24O9. The van der Waals surface area contributed by atoms with Gasteiger partial charge in [-0.1, -0.05) is 87.5 Å². The van der Waals surface area contributed by atoms with Gasteiger partial charge in [-0.15, -0.1) is 0 Å². The van der Waals surface area contributed by atoms with Crippen LogP contribution in [-0.4, -0.2) is 129 Å². The number of carbonyl (C=O) groups is 1. The van der Waals surface area contributed by atoms with Gasteiger partial charge in [0.25, 0.3) is 22.4 Å². The van der Waals surface area contributed by atoms with Crippen LogP contribution in [0.5, 0.6) is 0 Å². The Hall–Kier alpha value is -2.49. The second kappa shape index (κ2) is 35.9. The van der Waals surface area contributed by atoms with Crippen molar-refractivity contribution in [3.05, 3.63) is 0 Å². The van der Waals surface area contributed by atoms with Gasteiger partial charge in [0.05, 0.1) is 0 Å². The van der Waals surface area contributed by atoms with E-state index in [1.165, 1.54) is 41.0 Å². The van der Waals surface area contributed by atoms with Crippen molar-refractivity contribution in [3.63, 3.8) is 0 Å². The van der Waals surface area contributed by atoms with Gasteiger partial charge in [-0.3, -0.25) is 0 Å². The maximum atomic E-state index is 14.4. The van der Waals surface area contributed by atoms with Gasteiger partial charge in [0, 0.05) is 19.8 Å². The van der Waals surface area contributed by atoms with E-state index in [1.807, 2.05) is 0 Å². The fraction of sp³-hybridized carbons (Fsp3) is 0.990. The molecule has 0 aromatic heterocycles. The number of carbonyl (C=O) groups excluding carboxylic acids is 1. The molecule has 0 spiro atoms. The van der Waals surface area contributed by atoms with Crippen LogP contribution in [0, 0.1) is 219 Å². The van der Waals surface area contributed by atoms with Gasteiger partial charge in [-0.25, -0.2) is 4.79 Å². The highest BCUT2D eigenvalue weighted by Gasteiger charge is 2.81. The summed E-state index contributed by atoms with van der Waals surface area (Å²) in [6.07, 6.45) is -37.1. The molecule has 130 heavy (non-hydrogen) atoms. The number of hydrogen-bond donors (Lipinski definition) is 0. The first-order valence-electron chi connectivity index (χ1n) is 49.3. The third-order valence-electron chi connectivity index (χ3n) is 39.9. The van der Waals surface area contributed by atoms with Gasteiger partial charge in [0.15, 0.2) is 18.9 Å². The highest BCUT2D eigenvalue weighted by Crippen LogP contribution is 2.78. The van der Waals surface area contributed by atoms with Crippen LogP contribution in [-0.2, 0) is 42.7 Å². The third kappa shape index (κ3) is 17.6. The second-order valence-corrected chi connectivity index (χ2v) is 46.3. The van der Waals surface area contributed by atoms with E-state index >= 15 is 0 Å². The zero-order valence-electron chi connectivity index (χ0n) is 77.3. The summed E-state index contributed by atoms with van der Waals surface area (Å²) >= 11 is 0. The van der Waals surface area contributed by atoms with Gasteiger partial charge in [0.1, 0.15) is 12.2 Å². The molecule has 0 aromatic carbocycles. The Morgan fingerprint density at radius 3 is 0.908 bits per heavy atom. The Morgan fingerprint density at radius 2 is 0.623 bits per heavy atom. The Balaban J connectivity index is 0.000000133. The Morgan fingerprint density at radius 1 is 0.338 bits per heavy atom. The van der Waals surface area contributed by atoms with Crippen LogP contribution in [0.2, 0.25) is 0 Å². The minimum Gasteiger partial charge on any atom is -0.458 e. The molecule has 17 aliphatic carbocycles. The number of fused-ring (bicyclic) bond motifs is 36. The third-order valence-corrected chi connectivity index (χ3v) is 39.9. The standard InChI is InChI=1S/C28H42F6O2.C24H34F6O3.C23H32F6O2.C22H32F6O2/c1-15-16(2)22-13-21(15)24-19-11-20(23(12-19)25(22)24)14-26(27(29,30)31,28(32,33)34)36-17(3)35-10-9-18-7-5-4-6-8-18;1-11-12(2)16-8-15(11)19-13-6-14(17(7-13)20(16)19)9-22(23(25,26)27,24(28,29)30)32-10-18(31)33-21(3,4)5;1-11-12(2)16-9-15(11)19-13-7-14(17(8-13)20(16)19)10-21(22(24,25)26,23(27,28)29)31-18-5-3-4-6-30-18;1-5-29-12(4)30-20(21(23,24)25,22(26,27)28)9-14-6-13-7-17(14)19-16-8-15(18(13)19)10(2)11(16)3/h15-25H,4-14H2,1-3H3;11-17,19-20H,6-10H2,1-5H3;11-20H,3-10H2,1-2H3;10-19H,5-9H2,1-4H3. The van der Waals surface area contributed by atoms with Crippen LogP contribution in [0.15, 0.2) is 0 Å². The lowest BCUT2D eigenvalue weighted by molar-refractivity contribution is -0.416. The van der Waals surface area contributed by atoms with Crippen molar-refractivity contribution < 1.29 is 148 Å². The SMILES string of the molecule is CC(OCCC1CCCCC1)OC(CC1CC2CC1C1C3CC(C(C)C3C)C21)(C(F)(F)F)C(F)(F)F.CC1C(C)C2CC1C1C3CC(CC(OC4CCCCO4)(C(F)(F)F)C(F)(F)F)C(C3)C21.CC1C(C)C2CC1C1C3CC(CC(OCC(=O)OC(C)(C)C)(C(F)(F)F)C(F)(F)F)C(C3)C21.CCOC(C)OC(CC1CC2CC1C1C3CC(C(C)C3C)C21)(C(F)(F)F)C(F)(F)F. The fourth-order valence-electron chi connectivity index (χ4n) is 34.5. The summed E-state index contributed by atoms with van der Waals surface area (Å²) in [5.41, 5.74) is -17.9. The monoisotopic (exact) mass is 1910 g/mol. The number of hydrogen-bond acceptors (Lipinski definition) is 9. The molecule has 39 atom stereocenters. The van der Waals surface area contributed by atoms with E-state index in [2.05, 4.69) is 60.1 Å². The average molecular weight is 1910 g/mol. The molecular weight excluding hydrogens is 1770 g/mol. The van der Waals surface area contributed by atoms with Crippen molar-refractivity contribution in [1.82, 2.24) is 0 Å². The first kappa shape index (κ1) is 102. The summed E-state index contributed by atoms with van der Waals surface area (Å²) in [7, 11) is 0. The molecule has 9 nitrogen and oxygen atoms in total. The van der Waals surface area contributed by atoms with E-state index in [0.717, 1.165) is 77.6 Å². The van der Waals surface area contributed by atoms with Gasteiger partial charge in [-0.05, 0) is 389 Å². The van der Waals surface area contributed by atoms with Gasteiger partial charge >= 0.3 is 55.4 Å². The fourth-order valence-corrected chi connectivity index (χ4v) is 34.5. The van der Waals surface area contributed by atoms with E-state index in [-0.39, 0.29) is 91.3 Å². The number of alkyl halides is 24. The van der Waals surface area contributed by atoms with Crippen LogP contribution in [0.3, 0.4) is 0 Å². The lowest BCUT2D eigenvalue weighted by Crippen LogP contribution is -2.62. The second-order valence-electron chi connectivity index (χ2n) is 46.3. The summed E-state index contributed by atoms with van der Waals surface area (Å²) in [6.45, 7) is 24.9. The lowest BCUT2D eigenvalue weighted by Gasteiger charge is -2.47. The zero-order chi connectivity index (χ0) is 95.3. The van der Waals surface area contributed by atoms with Gasteiger partial charge in [0.2, 0.25) is 0 Å². The quantitative estimate of drug-likeness (QED) is 0.0429. The lowest BCUT2D eigenvalue weighted by atomic mass is 9.61. The highest BCUT2D eigenvalue weighted by molar-refractivity contribution is 5.71. The number of ether oxygens (including phenoxy) is 8. The van der Waals surface area contributed by atoms with Crippen molar-refractivity contribution in [1.29, 1.82) is 0 Å². The van der Waals surface area contributed by atoms with Gasteiger partial charge in [-0.2, -0.15) is 105 Å². The maximum absolute atomic E-state index is 14.4. The van der Waals surface area contributed by atoms with Crippen LogP contribution < -0.4 is 0 Å². The summed E-state index contributed by atoms with van der Waals surface area (Å²) in [5, 5.41) is 0. The molecule has 17 saturated carbocycles. The zero-order valence-corrected chi connectivity index (χ0v) is 77.3. The molecule has 18 rings (SSSR count). The average Bonchev–Trinajstić information content (AvgIpc) is 1.54. The van der Waals surface area contributed by atoms with Crippen LogP contribution in [0.1, 0.15) is 257 Å². The van der Waals surface area contributed by atoms with Gasteiger partial charge < -0.3 is 37.9 Å². The van der Waals surface area contributed by atoms with Crippen molar-refractivity contribution >= 4 is 5.97 Å². The van der Waals surface area contributed by atoms with E-state index < -0.39 is 158 Å². The molecule has 0 aromatic rings. The number of halogens is 24. The van der Waals surface area contributed by atoms with Crippen molar-refractivity contribution in [2.24, 2.45) is 219 Å². The topological polar surface area (TPSA) is 90.9 Å². The van der Waals surface area contributed by atoms with Crippen molar-refractivity contribution in [2.45, 2.75) is 354 Å². The number of esters is 1. The maximum Gasteiger partial charge on any atom is 0.426 e. The first-order valence-corrected chi connectivity index (χ1v) is 49.3. The normalized spacial score (nSPS) is 43.2. The minimum absolute atomic E-state index is 0.0238. The van der Waals surface area contributed by atoms with Crippen LogP contribution in [0.25, 0.3) is 0 Å². The van der Waals surface area contributed by atoms with Crippen LogP contribution in [0.4, 0.5) is 105 Å². The van der Waals surface area contributed by atoms with Crippen molar-refractivity contribution in [2.75, 3.05) is 26.4 Å². The van der Waals surface area contributed by atoms with E-state index in [0.29, 0.717) is 182 Å². The minimum atomic E-state index is -5.70. The molecule has 0 radical (unpaired) electrons. The van der Waals surface area contributed by atoms with Crippen LogP contribution >= 0.6 is 0 Å². The molecule has 0 amide bonds. The Labute approximate surface area is 750 Å². The largest absolute Gasteiger partial charge is 0.458 e. The van der Waals surface area contributed by atoms with E-state index in [9.17, 15) is 110 Å². The molecule has 1 heterocycles. The molecule has 18 fully saturated rings. The molecule has 33 heteroatoms. The molecule has 1 saturated heterocycles. The van der Waals surface area contributed by atoms with E-state index in [4.69, 9.17) is 33.2 Å². The Bertz CT molecular complexity index is 3780. The van der Waals surface area contributed by atoms with Crippen molar-refractivity contribution in [3.8, 4) is 0 Å². The summed E-state index contributed by atoms with van der Waals surface area (Å²) in [6, 6.07) is 0. The molecule has 1 aliphatic heterocycles. The summed E-state index contributed by atoms with van der Waals surface area (Å²) in [5.74, 6) is 8.77. The molecule has 0 N–H and O–H groups in total. The molecule has 39 unspecified atom stereocenters. The summed E-state index contributed by atoms with van der Waals surface area (Å²) in [4.78, 5) is 11.9.